The summed E-state index contributed by atoms with van der Waals surface area (Å²) in [5.41, 5.74) is 0. The number of hydrogen-bond donors (Lipinski definition) is 2. The minimum Gasteiger partial charge on any atom is -0.334 e. The third-order valence-electron chi connectivity index (χ3n) is 2.80. The molecule has 1 aromatic heterocycles. The van der Waals surface area contributed by atoms with Crippen molar-refractivity contribution in [1.29, 1.82) is 0 Å². The minimum absolute atomic E-state index is 0.123. The fourth-order valence-electron chi connectivity index (χ4n) is 1.65. The van der Waals surface area contributed by atoms with Crippen LogP contribution in [0.1, 0.15) is 24.6 Å². The Kier molecular flexibility index (Phi) is 4.78. The first kappa shape index (κ1) is 14.6. The summed E-state index contributed by atoms with van der Waals surface area (Å²) in [5, 5.41) is 13.6. The lowest BCUT2D eigenvalue weighted by molar-refractivity contribution is -0.117. The maximum atomic E-state index is 11.6. The molecule has 0 spiro atoms. The molecule has 1 aromatic rings. The van der Waals surface area contributed by atoms with Crippen LogP contribution in [0.25, 0.3) is 0 Å². The maximum Gasteiger partial charge on any atom is 0.321 e. The van der Waals surface area contributed by atoms with E-state index in [-0.39, 0.29) is 11.7 Å². The molecule has 108 valence electrons. The number of imide groups is 1. The fourth-order valence-corrected chi connectivity index (χ4v) is 2.37. The summed E-state index contributed by atoms with van der Waals surface area (Å²) in [6.45, 7) is 3.79. The topological polar surface area (TPSA) is 88.9 Å². The van der Waals surface area contributed by atoms with E-state index in [1.807, 2.05) is 11.6 Å². The van der Waals surface area contributed by atoms with E-state index in [1.165, 1.54) is 17.8 Å². The van der Waals surface area contributed by atoms with Crippen molar-refractivity contribution in [3.8, 4) is 0 Å². The zero-order valence-electron chi connectivity index (χ0n) is 11.3. The highest BCUT2D eigenvalue weighted by molar-refractivity contribution is 7.99. The first-order valence-electron chi connectivity index (χ1n) is 6.32. The first-order chi connectivity index (χ1) is 9.61. The minimum atomic E-state index is -0.521. The molecule has 2 rings (SSSR count). The van der Waals surface area contributed by atoms with Crippen molar-refractivity contribution in [3.05, 3.63) is 18.5 Å². The molecule has 0 aromatic carbocycles. The van der Waals surface area contributed by atoms with Gasteiger partial charge in [-0.1, -0.05) is 17.8 Å². The third kappa shape index (κ3) is 3.83. The zero-order valence-corrected chi connectivity index (χ0v) is 12.1. The summed E-state index contributed by atoms with van der Waals surface area (Å²) < 4.78 is 1.91. The first-order valence-corrected chi connectivity index (χ1v) is 7.31. The number of nitrogens with zero attached hydrogens (tertiary/aromatic N) is 3. The van der Waals surface area contributed by atoms with E-state index in [1.54, 1.807) is 0 Å². The van der Waals surface area contributed by atoms with Crippen LogP contribution in [0.5, 0.6) is 0 Å². The van der Waals surface area contributed by atoms with Crippen LogP contribution in [-0.4, -0.2) is 39.0 Å². The van der Waals surface area contributed by atoms with E-state index in [9.17, 15) is 9.59 Å². The van der Waals surface area contributed by atoms with Gasteiger partial charge in [-0.2, -0.15) is 0 Å². The van der Waals surface area contributed by atoms with Crippen LogP contribution >= 0.6 is 11.8 Å². The van der Waals surface area contributed by atoms with Gasteiger partial charge in [-0.15, -0.1) is 16.8 Å². The van der Waals surface area contributed by atoms with Crippen molar-refractivity contribution in [2.24, 2.45) is 7.05 Å². The van der Waals surface area contributed by atoms with Gasteiger partial charge in [-0.25, -0.2) is 4.79 Å². The van der Waals surface area contributed by atoms with Crippen LogP contribution in [-0.2, 0) is 11.8 Å². The molecule has 0 aliphatic heterocycles. The van der Waals surface area contributed by atoms with Crippen molar-refractivity contribution < 1.29 is 9.59 Å². The van der Waals surface area contributed by atoms with Gasteiger partial charge in [0.2, 0.25) is 5.91 Å². The lowest BCUT2D eigenvalue weighted by Gasteiger charge is -2.05. The molecule has 2 N–H and O–H groups in total. The normalized spacial score (nSPS) is 13.8. The average Bonchev–Trinajstić information content (AvgIpc) is 3.19. The van der Waals surface area contributed by atoms with Gasteiger partial charge in [0, 0.05) is 19.5 Å². The molecule has 0 unspecified atom stereocenters. The number of nitrogens with one attached hydrogen (secondary N) is 2. The summed E-state index contributed by atoms with van der Waals surface area (Å²) >= 11 is 1.26. The quantitative estimate of drug-likeness (QED) is 0.598. The van der Waals surface area contributed by atoms with Gasteiger partial charge in [0.15, 0.2) is 5.16 Å². The maximum absolute atomic E-state index is 11.6. The van der Waals surface area contributed by atoms with Crippen molar-refractivity contribution in [2.45, 2.75) is 23.9 Å². The van der Waals surface area contributed by atoms with Gasteiger partial charge in [-0.05, 0) is 12.8 Å². The van der Waals surface area contributed by atoms with E-state index < -0.39 is 6.03 Å². The number of rotatable bonds is 6. The Bertz CT molecular complexity index is 524. The fraction of sp³-hybridized carbons (Fsp3) is 0.500. The van der Waals surface area contributed by atoms with Crippen LogP contribution in [0.2, 0.25) is 0 Å². The molecule has 3 amide bonds. The second-order valence-corrected chi connectivity index (χ2v) is 5.45. The number of amides is 3. The molecule has 0 radical (unpaired) electrons. The SMILES string of the molecule is C=CCNC(=O)NC(=O)CSc1nnc(C2CC2)n1C. The molecule has 1 fully saturated rings. The third-order valence-corrected chi connectivity index (χ3v) is 3.82. The van der Waals surface area contributed by atoms with Gasteiger partial charge >= 0.3 is 6.03 Å². The number of hydrogen-bond acceptors (Lipinski definition) is 5. The second-order valence-electron chi connectivity index (χ2n) is 4.51. The Balaban J connectivity index is 1.78. The number of aromatic nitrogens is 3. The van der Waals surface area contributed by atoms with Gasteiger partial charge in [-0.3, -0.25) is 10.1 Å². The molecule has 0 bridgehead atoms. The second kappa shape index (κ2) is 6.56. The van der Waals surface area contributed by atoms with E-state index in [0.29, 0.717) is 17.6 Å². The van der Waals surface area contributed by atoms with E-state index in [4.69, 9.17) is 0 Å². The summed E-state index contributed by atoms with van der Waals surface area (Å²) in [6.07, 6.45) is 3.85. The summed E-state index contributed by atoms with van der Waals surface area (Å²) in [4.78, 5) is 22.8. The molecular weight excluding hydrogens is 278 g/mol. The van der Waals surface area contributed by atoms with E-state index >= 15 is 0 Å². The van der Waals surface area contributed by atoms with Gasteiger partial charge in [0.25, 0.3) is 0 Å². The molecule has 20 heavy (non-hydrogen) atoms. The van der Waals surface area contributed by atoms with Gasteiger partial charge < -0.3 is 9.88 Å². The van der Waals surface area contributed by atoms with Crippen molar-refractivity contribution >= 4 is 23.7 Å². The molecule has 1 aliphatic rings. The van der Waals surface area contributed by atoms with Crippen molar-refractivity contribution in [3.63, 3.8) is 0 Å². The smallest absolute Gasteiger partial charge is 0.321 e. The van der Waals surface area contributed by atoms with Crippen LogP contribution in [0, 0.1) is 0 Å². The monoisotopic (exact) mass is 295 g/mol. The number of carbonyl (C=O) groups excluding carboxylic acids is 2. The zero-order chi connectivity index (χ0) is 14.5. The summed E-state index contributed by atoms with van der Waals surface area (Å²) in [7, 11) is 1.89. The molecule has 0 saturated heterocycles. The lowest BCUT2D eigenvalue weighted by atomic mass is 10.4. The molecule has 0 atom stereocenters. The van der Waals surface area contributed by atoms with Crippen molar-refractivity contribution in [1.82, 2.24) is 25.4 Å². The molecule has 7 nitrogen and oxygen atoms in total. The number of thioether (sulfide) groups is 1. The predicted octanol–water partition coefficient (Wildman–Crippen LogP) is 0.796. The average molecular weight is 295 g/mol. The van der Waals surface area contributed by atoms with E-state index in [2.05, 4.69) is 27.4 Å². The Morgan fingerprint density at radius 2 is 2.25 bits per heavy atom. The lowest BCUT2D eigenvalue weighted by Crippen LogP contribution is -2.40. The molecule has 8 heteroatoms. The highest BCUT2D eigenvalue weighted by Crippen LogP contribution is 2.39. The number of carbonyl (C=O) groups is 2. The number of urea groups is 1. The molecule has 1 aliphatic carbocycles. The highest BCUT2D eigenvalue weighted by atomic mass is 32.2. The Morgan fingerprint density at radius 3 is 2.90 bits per heavy atom. The summed E-state index contributed by atoms with van der Waals surface area (Å²) in [5.74, 6) is 1.24. The predicted molar refractivity (Wildman–Crippen MR) is 75.4 cm³/mol. The van der Waals surface area contributed by atoms with Crippen LogP contribution in [0.3, 0.4) is 0 Å². The van der Waals surface area contributed by atoms with Gasteiger partial charge in [0.1, 0.15) is 5.82 Å². The molecule has 1 saturated carbocycles. The largest absolute Gasteiger partial charge is 0.334 e. The van der Waals surface area contributed by atoms with Gasteiger partial charge in [0.05, 0.1) is 5.75 Å². The summed E-state index contributed by atoms with van der Waals surface area (Å²) in [6, 6.07) is -0.521. The van der Waals surface area contributed by atoms with E-state index in [0.717, 1.165) is 18.7 Å². The standard InChI is InChI=1S/C12H17N5O2S/c1-3-6-13-11(19)14-9(18)7-20-12-16-15-10(17(12)2)8-4-5-8/h3,8H,1,4-7H2,2H3,(H2,13,14,18,19). The Labute approximate surface area is 121 Å². The molecule has 1 heterocycles. The van der Waals surface area contributed by atoms with Crippen LogP contribution in [0.15, 0.2) is 17.8 Å². The van der Waals surface area contributed by atoms with Crippen molar-refractivity contribution in [2.75, 3.05) is 12.3 Å². The Hall–Kier alpha value is -1.83. The van der Waals surface area contributed by atoms with Crippen LogP contribution < -0.4 is 10.6 Å². The highest BCUT2D eigenvalue weighted by Gasteiger charge is 2.29. The molecular formula is C12H17N5O2S. The Morgan fingerprint density at radius 1 is 1.50 bits per heavy atom. The van der Waals surface area contributed by atoms with Crippen LogP contribution in [0.4, 0.5) is 4.79 Å².